The van der Waals surface area contributed by atoms with E-state index in [1.165, 1.54) is 0 Å². The smallest absolute Gasteiger partial charge is 0.224 e. The van der Waals surface area contributed by atoms with Crippen molar-refractivity contribution in [3.63, 3.8) is 0 Å². The average molecular weight is 312 g/mol. The van der Waals surface area contributed by atoms with Crippen LogP contribution in [0.15, 0.2) is 21.3 Å². The molecule has 0 saturated heterocycles. The van der Waals surface area contributed by atoms with Gasteiger partial charge in [-0.15, -0.1) is 0 Å². The highest BCUT2D eigenvalue weighted by Gasteiger charge is 2.06. The lowest BCUT2D eigenvalue weighted by Gasteiger charge is -2.07. The minimum atomic E-state index is 0.554. The molecule has 18 heavy (non-hydrogen) atoms. The van der Waals surface area contributed by atoms with Crippen molar-refractivity contribution < 1.29 is 4.52 Å². The molecule has 0 unspecified atom stereocenters. The summed E-state index contributed by atoms with van der Waals surface area (Å²) in [4.78, 5) is 8.49. The summed E-state index contributed by atoms with van der Waals surface area (Å²) >= 11 is 3.40. The van der Waals surface area contributed by atoms with E-state index in [-0.39, 0.29) is 0 Å². The minimum Gasteiger partial charge on any atom is -0.363 e. The van der Waals surface area contributed by atoms with Crippen LogP contribution < -0.4 is 10.6 Å². The molecule has 0 fully saturated rings. The van der Waals surface area contributed by atoms with E-state index in [2.05, 4.69) is 41.7 Å². The lowest BCUT2D eigenvalue weighted by Crippen LogP contribution is -2.07. The molecule has 96 valence electrons. The number of nitrogens with one attached hydrogen (secondary N) is 2. The molecule has 0 aliphatic rings. The van der Waals surface area contributed by atoms with Gasteiger partial charge in [-0.25, -0.2) is 4.98 Å². The van der Waals surface area contributed by atoms with E-state index in [1.54, 1.807) is 6.20 Å². The van der Waals surface area contributed by atoms with E-state index in [9.17, 15) is 0 Å². The van der Waals surface area contributed by atoms with Gasteiger partial charge in [0.05, 0.1) is 11.0 Å². The van der Waals surface area contributed by atoms with Crippen LogP contribution >= 0.6 is 15.9 Å². The Hall–Kier alpha value is -1.63. The third-order valence-electron chi connectivity index (χ3n) is 2.19. The highest BCUT2D eigenvalue weighted by molar-refractivity contribution is 9.10. The summed E-state index contributed by atoms with van der Waals surface area (Å²) in [5, 5.41) is 10.1. The number of nitrogens with zero attached hydrogens (tertiary/aromatic N) is 3. The SMILES string of the molecule is CCNc1ncc(Br)c(NCc2cc(C)on2)n1. The molecule has 0 saturated carbocycles. The van der Waals surface area contributed by atoms with Crippen LogP contribution in [0.2, 0.25) is 0 Å². The molecule has 0 radical (unpaired) electrons. The zero-order valence-electron chi connectivity index (χ0n) is 10.2. The predicted molar refractivity (Wildman–Crippen MR) is 72.5 cm³/mol. The summed E-state index contributed by atoms with van der Waals surface area (Å²) in [5.41, 5.74) is 0.836. The molecule has 0 aliphatic heterocycles. The molecule has 6 nitrogen and oxygen atoms in total. The van der Waals surface area contributed by atoms with Crippen LogP contribution in [-0.4, -0.2) is 21.7 Å². The van der Waals surface area contributed by atoms with Crippen molar-refractivity contribution in [2.45, 2.75) is 20.4 Å². The maximum atomic E-state index is 5.00. The molecule has 0 spiro atoms. The molecule has 2 aromatic heterocycles. The van der Waals surface area contributed by atoms with Crippen molar-refractivity contribution in [2.75, 3.05) is 17.2 Å². The van der Waals surface area contributed by atoms with Gasteiger partial charge in [-0.2, -0.15) is 4.98 Å². The second-order valence-corrected chi connectivity index (χ2v) is 4.56. The zero-order chi connectivity index (χ0) is 13.0. The Kier molecular flexibility index (Phi) is 4.14. The number of anilines is 2. The molecule has 0 amide bonds. The first-order chi connectivity index (χ1) is 8.69. The predicted octanol–water partition coefficient (Wildman–Crippen LogP) is 2.58. The number of halogens is 1. The Bertz CT molecular complexity index is 528. The maximum absolute atomic E-state index is 5.00. The van der Waals surface area contributed by atoms with Crippen LogP contribution in [0.4, 0.5) is 11.8 Å². The van der Waals surface area contributed by atoms with E-state index in [0.717, 1.165) is 28.3 Å². The fourth-order valence-electron chi connectivity index (χ4n) is 1.41. The lowest BCUT2D eigenvalue weighted by atomic mass is 10.4. The van der Waals surface area contributed by atoms with Crippen molar-refractivity contribution in [1.29, 1.82) is 0 Å². The molecular weight excluding hydrogens is 298 g/mol. The molecule has 2 heterocycles. The van der Waals surface area contributed by atoms with Gasteiger partial charge >= 0.3 is 0 Å². The van der Waals surface area contributed by atoms with Crippen LogP contribution in [0.5, 0.6) is 0 Å². The van der Waals surface area contributed by atoms with Gasteiger partial charge in [-0.1, -0.05) is 5.16 Å². The summed E-state index contributed by atoms with van der Waals surface area (Å²) in [5.74, 6) is 2.11. The highest BCUT2D eigenvalue weighted by Crippen LogP contribution is 2.20. The van der Waals surface area contributed by atoms with Gasteiger partial charge in [0.2, 0.25) is 5.95 Å². The molecule has 7 heteroatoms. The molecule has 2 rings (SSSR count). The summed E-state index contributed by atoms with van der Waals surface area (Å²) in [7, 11) is 0. The van der Waals surface area contributed by atoms with E-state index >= 15 is 0 Å². The van der Waals surface area contributed by atoms with Crippen molar-refractivity contribution in [1.82, 2.24) is 15.1 Å². The van der Waals surface area contributed by atoms with Crippen molar-refractivity contribution in [3.8, 4) is 0 Å². The molecule has 2 aromatic rings. The standard InChI is InChI=1S/C11H14BrN5O/c1-3-13-11-15-6-9(12)10(16-11)14-5-8-4-7(2)18-17-8/h4,6H,3,5H2,1-2H3,(H2,13,14,15,16). The van der Waals surface area contributed by atoms with Gasteiger partial charge in [0.25, 0.3) is 0 Å². The molecule has 0 aromatic carbocycles. The molecule has 0 bridgehead atoms. The number of hydrogen-bond acceptors (Lipinski definition) is 6. The second-order valence-electron chi connectivity index (χ2n) is 3.70. The van der Waals surface area contributed by atoms with Crippen LogP contribution in [0, 0.1) is 6.92 Å². The summed E-state index contributed by atoms with van der Waals surface area (Å²) < 4.78 is 5.81. The third kappa shape index (κ3) is 3.19. The van der Waals surface area contributed by atoms with Gasteiger partial charge < -0.3 is 15.2 Å². The van der Waals surface area contributed by atoms with Crippen LogP contribution in [0.3, 0.4) is 0 Å². The first-order valence-electron chi connectivity index (χ1n) is 5.61. The van der Waals surface area contributed by atoms with Crippen molar-refractivity contribution >= 4 is 27.7 Å². The van der Waals surface area contributed by atoms with Gasteiger partial charge in [-0.3, -0.25) is 0 Å². The van der Waals surface area contributed by atoms with E-state index < -0.39 is 0 Å². The summed E-state index contributed by atoms with van der Waals surface area (Å²) in [6.45, 7) is 5.19. The Morgan fingerprint density at radius 3 is 2.89 bits per heavy atom. The maximum Gasteiger partial charge on any atom is 0.224 e. The second kappa shape index (κ2) is 5.81. The van der Waals surface area contributed by atoms with Gasteiger partial charge in [0.1, 0.15) is 17.3 Å². The number of aryl methyl sites for hydroxylation is 1. The van der Waals surface area contributed by atoms with Crippen LogP contribution in [0.25, 0.3) is 0 Å². The molecule has 0 atom stereocenters. The highest BCUT2D eigenvalue weighted by atomic mass is 79.9. The Labute approximate surface area is 113 Å². The Balaban J connectivity index is 2.05. The summed E-state index contributed by atoms with van der Waals surface area (Å²) in [6, 6.07) is 1.88. The van der Waals surface area contributed by atoms with Gasteiger partial charge in [0.15, 0.2) is 0 Å². The van der Waals surface area contributed by atoms with Gasteiger partial charge in [-0.05, 0) is 29.8 Å². The average Bonchev–Trinajstić information content (AvgIpc) is 2.76. The fourth-order valence-corrected chi connectivity index (χ4v) is 1.74. The van der Waals surface area contributed by atoms with Crippen LogP contribution in [0.1, 0.15) is 18.4 Å². The Morgan fingerprint density at radius 1 is 1.39 bits per heavy atom. The minimum absolute atomic E-state index is 0.554. The van der Waals surface area contributed by atoms with Crippen molar-refractivity contribution in [2.24, 2.45) is 0 Å². The lowest BCUT2D eigenvalue weighted by molar-refractivity contribution is 0.391. The van der Waals surface area contributed by atoms with Crippen molar-refractivity contribution in [3.05, 3.63) is 28.2 Å². The molecule has 2 N–H and O–H groups in total. The molecular formula is C11H14BrN5O. The largest absolute Gasteiger partial charge is 0.363 e. The van der Waals surface area contributed by atoms with E-state index in [0.29, 0.717) is 12.5 Å². The monoisotopic (exact) mass is 311 g/mol. The quantitative estimate of drug-likeness (QED) is 0.884. The normalized spacial score (nSPS) is 10.4. The number of hydrogen-bond donors (Lipinski definition) is 2. The topological polar surface area (TPSA) is 75.9 Å². The number of rotatable bonds is 5. The van der Waals surface area contributed by atoms with Crippen LogP contribution in [-0.2, 0) is 6.54 Å². The van der Waals surface area contributed by atoms with Gasteiger partial charge in [0, 0.05) is 18.8 Å². The zero-order valence-corrected chi connectivity index (χ0v) is 11.8. The summed E-state index contributed by atoms with van der Waals surface area (Å²) in [6.07, 6.45) is 1.71. The first kappa shape index (κ1) is 12.8. The first-order valence-corrected chi connectivity index (χ1v) is 6.41. The third-order valence-corrected chi connectivity index (χ3v) is 2.77. The van der Waals surface area contributed by atoms with E-state index in [4.69, 9.17) is 4.52 Å². The fraction of sp³-hybridized carbons (Fsp3) is 0.364. The Morgan fingerprint density at radius 2 is 2.22 bits per heavy atom. The van der Waals surface area contributed by atoms with E-state index in [1.807, 2.05) is 19.9 Å². The number of aromatic nitrogens is 3. The molecule has 0 aliphatic carbocycles.